The highest BCUT2D eigenvalue weighted by molar-refractivity contribution is 5.53. The lowest BCUT2D eigenvalue weighted by Crippen LogP contribution is -2.25. The second kappa shape index (κ2) is 4.84. The molecule has 1 aromatic carbocycles. The fourth-order valence-electron chi connectivity index (χ4n) is 2.66. The van der Waals surface area contributed by atoms with E-state index in [0.29, 0.717) is 6.04 Å². The van der Waals surface area contributed by atoms with Gasteiger partial charge in [-0.25, -0.2) is 0 Å². The van der Waals surface area contributed by atoms with Gasteiger partial charge in [0.15, 0.2) is 0 Å². The molecule has 94 valence electrons. The molecule has 0 bridgehead atoms. The fraction of sp³-hybridized carbons (Fsp3) is 0.400. The minimum atomic E-state index is 0.597. The summed E-state index contributed by atoms with van der Waals surface area (Å²) in [6.07, 6.45) is 8.79. The van der Waals surface area contributed by atoms with E-state index in [1.807, 2.05) is 17.9 Å². The maximum absolute atomic E-state index is 4.21. The van der Waals surface area contributed by atoms with Crippen molar-refractivity contribution in [3.8, 4) is 0 Å². The monoisotopic (exact) mass is 241 g/mol. The number of nitrogens with one attached hydrogen (secondary N) is 1. The molecule has 3 nitrogen and oxygen atoms in total. The minimum absolute atomic E-state index is 0.597. The number of benzene rings is 1. The Kier molecular flexibility index (Phi) is 3.05. The van der Waals surface area contributed by atoms with Gasteiger partial charge >= 0.3 is 0 Å². The Morgan fingerprint density at radius 2 is 2.28 bits per heavy atom. The first-order valence-corrected chi connectivity index (χ1v) is 6.63. The Labute approximate surface area is 108 Å². The number of aryl methyl sites for hydroxylation is 3. The highest BCUT2D eigenvalue weighted by Crippen LogP contribution is 2.26. The van der Waals surface area contributed by atoms with Crippen LogP contribution in [0.25, 0.3) is 0 Å². The predicted molar refractivity (Wildman–Crippen MR) is 73.7 cm³/mol. The number of hydrogen-bond acceptors (Lipinski definition) is 2. The van der Waals surface area contributed by atoms with E-state index in [1.54, 1.807) is 0 Å². The predicted octanol–water partition coefficient (Wildman–Crippen LogP) is 2.78. The minimum Gasteiger partial charge on any atom is -0.382 e. The van der Waals surface area contributed by atoms with Crippen LogP contribution in [0, 0.1) is 0 Å². The average molecular weight is 241 g/mol. The molecule has 1 atom stereocenters. The van der Waals surface area contributed by atoms with Gasteiger partial charge < -0.3 is 5.32 Å². The Hall–Kier alpha value is -1.77. The summed E-state index contributed by atoms with van der Waals surface area (Å²) in [6, 6.07) is 9.23. The smallest absolute Gasteiger partial charge is 0.0521 e. The molecule has 0 spiro atoms. The van der Waals surface area contributed by atoms with Gasteiger partial charge in [-0.3, -0.25) is 4.68 Å². The van der Waals surface area contributed by atoms with Crippen LogP contribution in [0.3, 0.4) is 0 Å². The standard InChI is InChI=1S/C15H19N3/c1-18-11-12(10-16-18)6-8-14-9-7-13-4-2-3-5-15(13)17-14/h2-5,10-11,14,17H,6-9H2,1H3. The van der Waals surface area contributed by atoms with Crippen molar-refractivity contribution < 1.29 is 0 Å². The molecule has 2 heterocycles. The summed E-state index contributed by atoms with van der Waals surface area (Å²) in [4.78, 5) is 0. The molecule has 0 radical (unpaired) electrons. The van der Waals surface area contributed by atoms with E-state index in [1.165, 1.54) is 36.1 Å². The quantitative estimate of drug-likeness (QED) is 0.895. The molecule has 1 aliphatic heterocycles. The zero-order valence-electron chi connectivity index (χ0n) is 10.8. The lowest BCUT2D eigenvalue weighted by molar-refractivity contribution is 0.586. The SMILES string of the molecule is Cn1cc(CCC2CCc3ccccc3N2)cn1. The average Bonchev–Trinajstić information content (AvgIpc) is 2.82. The molecule has 1 N–H and O–H groups in total. The van der Waals surface area contributed by atoms with Crippen LogP contribution in [0.5, 0.6) is 0 Å². The largest absolute Gasteiger partial charge is 0.382 e. The molecule has 1 aromatic heterocycles. The molecule has 0 fully saturated rings. The molecule has 0 saturated heterocycles. The van der Waals surface area contributed by atoms with Crippen molar-refractivity contribution in [2.24, 2.45) is 7.05 Å². The number of para-hydroxylation sites is 1. The summed E-state index contributed by atoms with van der Waals surface area (Å²) >= 11 is 0. The molecule has 3 rings (SSSR count). The van der Waals surface area contributed by atoms with Gasteiger partial charge in [0.25, 0.3) is 0 Å². The molecular weight excluding hydrogens is 222 g/mol. The van der Waals surface area contributed by atoms with E-state index in [4.69, 9.17) is 0 Å². The molecule has 0 amide bonds. The summed E-state index contributed by atoms with van der Waals surface area (Å²) < 4.78 is 1.87. The summed E-state index contributed by atoms with van der Waals surface area (Å²) in [5.74, 6) is 0. The van der Waals surface area contributed by atoms with Gasteiger partial charge in [-0.1, -0.05) is 18.2 Å². The maximum atomic E-state index is 4.21. The Morgan fingerprint density at radius 1 is 1.39 bits per heavy atom. The van der Waals surface area contributed by atoms with Gasteiger partial charge in [-0.15, -0.1) is 0 Å². The number of anilines is 1. The Bertz CT molecular complexity index is 530. The highest BCUT2D eigenvalue weighted by atomic mass is 15.2. The highest BCUT2D eigenvalue weighted by Gasteiger charge is 2.16. The van der Waals surface area contributed by atoms with Gasteiger partial charge in [0, 0.05) is 25.0 Å². The van der Waals surface area contributed by atoms with Gasteiger partial charge in [-0.2, -0.15) is 5.10 Å². The van der Waals surface area contributed by atoms with Crippen LogP contribution in [-0.4, -0.2) is 15.8 Å². The van der Waals surface area contributed by atoms with Crippen LogP contribution in [0.2, 0.25) is 0 Å². The molecule has 3 heteroatoms. The lowest BCUT2D eigenvalue weighted by atomic mass is 9.95. The van der Waals surface area contributed by atoms with Crippen molar-refractivity contribution in [3.63, 3.8) is 0 Å². The van der Waals surface area contributed by atoms with E-state index < -0.39 is 0 Å². The van der Waals surface area contributed by atoms with E-state index in [9.17, 15) is 0 Å². The van der Waals surface area contributed by atoms with Crippen LogP contribution >= 0.6 is 0 Å². The second-order valence-electron chi connectivity index (χ2n) is 5.10. The van der Waals surface area contributed by atoms with Crippen LogP contribution in [0.1, 0.15) is 24.0 Å². The lowest BCUT2D eigenvalue weighted by Gasteiger charge is -2.26. The number of aromatic nitrogens is 2. The van der Waals surface area contributed by atoms with Crippen molar-refractivity contribution in [3.05, 3.63) is 47.8 Å². The third-order valence-electron chi connectivity index (χ3n) is 3.68. The van der Waals surface area contributed by atoms with E-state index >= 15 is 0 Å². The molecular formula is C15H19N3. The molecule has 1 unspecified atom stereocenters. The van der Waals surface area contributed by atoms with Crippen molar-refractivity contribution in [2.45, 2.75) is 31.7 Å². The van der Waals surface area contributed by atoms with Crippen molar-refractivity contribution in [2.75, 3.05) is 5.32 Å². The van der Waals surface area contributed by atoms with Crippen molar-refractivity contribution >= 4 is 5.69 Å². The fourth-order valence-corrected chi connectivity index (χ4v) is 2.66. The van der Waals surface area contributed by atoms with Crippen molar-refractivity contribution in [1.29, 1.82) is 0 Å². The van der Waals surface area contributed by atoms with Crippen molar-refractivity contribution in [1.82, 2.24) is 9.78 Å². The topological polar surface area (TPSA) is 29.9 Å². The van der Waals surface area contributed by atoms with Crippen LogP contribution in [0.4, 0.5) is 5.69 Å². The molecule has 0 saturated carbocycles. The third-order valence-corrected chi connectivity index (χ3v) is 3.68. The van der Waals surface area contributed by atoms with Crippen LogP contribution in [-0.2, 0) is 19.9 Å². The summed E-state index contributed by atoms with van der Waals surface area (Å²) in [6.45, 7) is 0. The van der Waals surface area contributed by atoms with Crippen LogP contribution < -0.4 is 5.32 Å². The van der Waals surface area contributed by atoms with Gasteiger partial charge in [-0.05, 0) is 42.9 Å². The maximum Gasteiger partial charge on any atom is 0.0521 e. The second-order valence-corrected chi connectivity index (χ2v) is 5.10. The summed E-state index contributed by atoms with van der Waals surface area (Å²) in [5, 5.41) is 7.86. The summed E-state index contributed by atoms with van der Waals surface area (Å²) in [5.41, 5.74) is 4.10. The molecule has 18 heavy (non-hydrogen) atoms. The number of rotatable bonds is 3. The molecule has 1 aliphatic rings. The number of fused-ring (bicyclic) bond motifs is 1. The van der Waals surface area contributed by atoms with Gasteiger partial charge in [0.1, 0.15) is 0 Å². The first-order valence-electron chi connectivity index (χ1n) is 6.63. The first-order chi connectivity index (χ1) is 8.81. The van der Waals surface area contributed by atoms with Gasteiger partial charge in [0.05, 0.1) is 6.20 Å². The van der Waals surface area contributed by atoms with Gasteiger partial charge in [0.2, 0.25) is 0 Å². The number of nitrogens with zero attached hydrogens (tertiary/aromatic N) is 2. The van der Waals surface area contributed by atoms with E-state index in [2.05, 4.69) is 40.9 Å². The van der Waals surface area contributed by atoms with E-state index in [-0.39, 0.29) is 0 Å². The molecule has 2 aromatic rings. The third kappa shape index (κ3) is 2.40. The Morgan fingerprint density at radius 3 is 3.11 bits per heavy atom. The van der Waals surface area contributed by atoms with Crippen LogP contribution in [0.15, 0.2) is 36.7 Å². The summed E-state index contributed by atoms with van der Waals surface area (Å²) in [7, 11) is 1.97. The number of hydrogen-bond donors (Lipinski definition) is 1. The first kappa shape index (κ1) is 11.3. The van der Waals surface area contributed by atoms with E-state index in [0.717, 1.165) is 6.42 Å². The zero-order valence-corrected chi connectivity index (χ0v) is 10.8. The zero-order chi connectivity index (χ0) is 12.4. The normalized spacial score (nSPS) is 18.2. The molecule has 0 aliphatic carbocycles. The Balaban J connectivity index is 1.59.